The summed E-state index contributed by atoms with van der Waals surface area (Å²) in [5.74, 6) is 0.508. The Hall–Kier alpha value is -2.36. The number of rotatable bonds is 10. The summed E-state index contributed by atoms with van der Waals surface area (Å²) in [7, 11) is 0. The van der Waals surface area contributed by atoms with Gasteiger partial charge in [-0.05, 0) is 118 Å². The maximum atomic E-state index is 14.3. The van der Waals surface area contributed by atoms with E-state index in [1.807, 2.05) is 6.08 Å². The Balaban J connectivity index is 1.23. The highest BCUT2D eigenvalue weighted by Gasteiger charge is 2.25. The molecule has 2 aliphatic rings. The van der Waals surface area contributed by atoms with E-state index in [9.17, 15) is 8.78 Å². The summed E-state index contributed by atoms with van der Waals surface area (Å²) in [5.41, 5.74) is 2.94. The summed E-state index contributed by atoms with van der Waals surface area (Å²) < 4.78 is 39.1. The second-order valence-corrected chi connectivity index (χ2v) is 10.4. The molecule has 0 atom stereocenters. The van der Waals surface area contributed by atoms with Crippen LogP contribution in [0, 0.1) is 23.5 Å². The molecule has 0 aliphatic heterocycles. The lowest BCUT2D eigenvalue weighted by Gasteiger charge is -2.30. The molecule has 0 heterocycles. The van der Waals surface area contributed by atoms with Crippen LogP contribution in [0.2, 0.25) is 0 Å². The third-order valence-corrected chi connectivity index (χ3v) is 8.14. The van der Waals surface area contributed by atoms with E-state index < -0.39 is 11.6 Å². The minimum Gasteiger partial charge on any atom is -0.491 e. The molecule has 2 saturated carbocycles. The molecular formula is C31H40F2O2. The predicted octanol–water partition coefficient (Wildman–Crippen LogP) is 8.96. The van der Waals surface area contributed by atoms with Crippen molar-refractivity contribution in [2.45, 2.75) is 83.0 Å². The first kappa shape index (κ1) is 25.7. The molecule has 0 radical (unpaired) electrons. The molecule has 0 aromatic heterocycles. The zero-order chi connectivity index (χ0) is 24.6. The maximum Gasteiger partial charge on any atom is 0.204 e. The second-order valence-electron chi connectivity index (χ2n) is 10.4. The molecule has 2 fully saturated rings. The van der Waals surface area contributed by atoms with E-state index in [-0.39, 0.29) is 11.5 Å². The number of allylic oxidation sites excluding steroid dienone is 1. The van der Waals surface area contributed by atoms with Gasteiger partial charge < -0.3 is 9.47 Å². The van der Waals surface area contributed by atoms with Gasteiger partial charge in [0, 0.05) is 0 Å². The van der Waals surface area contributed by atoms with Gasteiger partial charge in [-0.25, -0.2) is 0 Å². The smallest absolute Gasteiger partial charge is 0.204 e. The van der Waals surface area contributed by atoms with Crippen LogP contribution in [-0.2, 0) is 0 Å². The van der Waals surface area contributed by atoms with E-state index in [2.05, 4.69) is 30.8 Å². The molecule has 190 valence electrons. The number of hydrogen-bond acceptors (Lipinski definition) is 2. The van der Waals surface area contributed by atoms with Crippen molar-refractivity contribution in [3.63, 3.8) is 0 Å². The van der Waals surface area contributed by atoms with Crippen LogP contribution in [0.4, 0.5) is 8.78 Å². The van der Waals surface area contributed by atoms with E-state index in [0.29, 0.717) is 31.0 Å². The summed E-state index contributed by atoms with van der Waals surface area (Å²) in [4.78, 5) is 0. The molecule has 0 N–H and O–H groups in total. The van der Waals surface area contributed by atoms with Crippen molar-refractivity contribution in [2.75, 3.05) is 13.2 Å². The molecule has 35 heavy (non-hydrogen) atoms. The largest absolute Gasteiger partial charge is 0.491 e. The van der Waals surface area contributed by atoms with Gasteiger partial charge in [-0.3, -0.25) is 0 Å². The lowest BCUT2D eigenvalue weighted by molar-refractivity contribution is 0.191. The first-order valence-electron chi connectivity index (χ1n) is 13.5. The van der Waals surface area contributed by atoms with Gasteiger partial charge in [0.2, 0.25) is 11.6 Å². The Morgan fingerprint density at radius 1 is 0.743 bits per heavy atom. The highest BCUT2D eigenvalue weighted by molar-refractivity contribution is 5.35. The molecule has 2 nitrogen and oxygen atoms in total. The Morgan fingerprint density at radius 3 is 1.71 bits per heavy atom. The second kappa shape index (κ2) is 12.6. The Labute approximate surface area is 209 Å². The Bertz CT molecular complexity index is 939. The van der Waals surface area contributed by atoms with E-state index in [1.54, 1.807) is 6.92 Å². The monoisotopic (exact) mass is 482 g/mol. The summed E-state index contributed by atoms with van der Waals surface area (Å²) in [5, 5.41) is 0. The summed E-state index contributed by atoms with van der Waals surface area (Å²) in [6.45, 7) is 6.31. The Kier molecular flexibility index (Phi) is 9.23. The average Bonchev–Trinajstić information content (AvgIpc) is 2.90. The molecule has 0 saturated heterocycles. The average molecular weight is 483 g/mol. The number of ether oxygens (including phenoxy) is 2. The topological polar surface area (TPSA) is 18.5 Å². The predicted molar refractivity (Wildman–Crippen MR) is 138 cm³/mol. The minimum absolute atomic E-state index is 0.0293. The summed E-state index contributed by atoms with van der Waals surface area (Å²) >= 11 is 0. The zero-order valence-electron chi connectivity index (χ0n) is 21.1. The van der Waals surface area contributed by atoms with E-state index in [1.165, 1.54) is 55.4 Å². The van der Waals surface area contributed by atoms with Gasteiger partial charge in [0.05, 0.1) is 13.2 Å². The molecule has 4 heteroatoms. The highest BCUT2D eigenvalue weighted by atomic mass is 19.2. The van der Waals surface area contributed by atoms with Crippen molar-refractivity contribution in [1.82, 2.24) is 0 Å². The molecule has 0 spiro atoms. The van der Waals surface area contributed by atoms with Gasteiger partial charge >= 0.3 is 0 Å². The van der Waals surface area contributed by atoms with Crippen molar-refractivity contribution in [3.8, 4) is 11.5 Å². The lowest BCUT2D eigenvalue weighted by atomic mass is 9.76. The quantitative estimate of drug-likeness (QED) is 0.315. The van der Waals surface area contributed by atoms with Crippen LogP contribution in [0.15, 0.2) is 49.1 Å². The van der Waals surface area contributed by atoms with Crippen LogP contribution in [0.1, 0.15) is 94.1 Å². The van der Waals surface area contributed by atoms with Gasteiger partial charge in [-0.1, -0.05) is 30.3 Å². The third-order valence-electron chi connectivity index (χ3n) is 8.14. The zero-order valence-corrected chi connectivity index (χ0v) is 21.1. The standard InChI is InChI=1S/C31H40F2O2/c1-3-5-6-22-7-11-24(12-8-22)26-15-17-27(18-16-26)25-13-9-23(10-14-25)21-35-29-20-19-28(34-4-2)30(32)31(29)33/h3,15-20,22-25H,1,4-14,21H2,2H3. The Morgan fingerprint density at radius 2 is 1.23 bits per heavy atom. The van der Waals surface area contributed by atoms with Crippen LogP contribution in [0.3, 0.4) is 0 Å². The first-order chi connectivity index (χ1) is 17.1. The van der Waals surface area contributed by atoms with Gasteiger partial charge in [0.15, 0.2) is 11.5 Å². The fourth-order valence-electron chi connectivity index (χ4n) is 5.94. The molecule has 0 bridgehead atoms. The van der Waals surface area contributed by atoms with Crippen LogP contribution < -0.4 is 9.47 Å². The van der Waals surface area contributed by atoms with E-state index in [0.717, 1.165) is 38.0 Å². The normalized spacial score (nSPS) is 24.7. The first-order valence-corrected chi connectivity index (χ1v) is 13.5. The van der Waals surface area contributed by atoms with Gasteiger partial charge in [-0.15, -0.1) is 6.58 Å². The van der Waals surface area contributed by atoms with Crippen molar-refractivity contribution < 1.29 is 18.3 Å². The molecular weight excluding hydrogens is 442 g/mol. The van der Waals surface area contributed by atoms with E-state index >= 15 is 0 Å². The lowest BCUT2D eigenvalue weighted by Crippen LogP contribution is -2.20. The number of hydrogen-bond donors (Lipinski definition) is 0. The SMILES string of the molecule is C=CCCC1CCC(c2ccc(C3CCC(COc4ccc(OCC)c(F)c4F)CC3)cc2)CC1. The van der Waals surface area contributed by atoms with Crippen LogP contribution in [-0.4, -0.2) is 13.2 Å². The number of benzene rings is 2. The van der Waals surface area contributed by atoms with Crippen molar-refractivity contribution >= 4 is 0 Å². The molecule has 2 aliphatic carbocycles. The van der Waals surface area contributed by atoms with Crippen LogP contribution in [0.25, 0.3) is 0 Å². The van der Waals surface area contributed by atoms with Gasteiger partial charge in [0.25, 0.3) is 0 Å². The summed E-state index contributed by atoms with van der Waals surface area (Å²) in [6, 6.07) is 12.3. The highest BCUT2D eigenvalue weighted by Crippen LogP contribution is 2.40. The molecule has 0 unspecified atom stereocenters. The fraction of sp³-hybridized carbons (Fsp3) is 0.548. The van der Waals surface area contributed by atoms with Crippen LogP contribution >= 0.6 is 0 Å². The molecule has 2 aromatic rings. The van der Waals surface area contributed by atoms with Gasteiger partial charge in [0.1, 0.15) is 0 Å². The van der Waals surface area contributed by atoms with Gasteiger partial charge in [-0.2, -0.15) is 8.78 Å². The van der Waals surface area contributed by atoms with Crippen molar-refractivity contribution in [3.05, 3.63) is 71.8 Å². The molecule has 4 rings (SSSR count). The fourth-order valence-corrected chi connectivity index (χ4v) is 5.94. The van der Waals surface area contributed by atoms with Crippen molar-refractivity contribution in [1.29, 1.82) is 0 Å². The molecule has 2 aromatic carbocycles. The third kappa shape index (κ3) is 6.65. The minimum atomic E-state index is -0.975. The van der Waals surface area contributed by atoms with Crippen LogP contribution in [0.5, 0.6) is 11.5 Å². The van der Waals surface area contributed by atoms with E-state index in [4.69, 9.17) is 9.47 Å². The molecule has 0 amide bonds. The number of halogens is 2. The summed E-state index contributed by atoms with van der Waals surface area (Å²) in [6.07, 6.45) is 14.1. The maximum absolute atomic E-state index is 14.3. The van der Waals surface area contributed by atoms with Crippen molar-refractivity contribution in [2.24, 2.45) is 11.8 Å².